The van der Waals surface area contributed by atoms with Crippen LogP contribution in [-0.4, -0.2) is 27.8 Å². The van der Waals surface area contributed by atoms with Crippen LogP contribution < -0.4 is 20.1 Å². The van der Waals surface area contributed by atoms with Crippen LogP contribution in [0, 0.1) is 0 Å². The van der Waals surface area contributed by atoms with Crippen molar-refractivity contribution in [1.29, 1.82) is 0 Å². The van der Waals surface area contributed by atoms with Gasteiger partial charge < -0.3 is 20.1 Å². The van der Waals surface area contributed by atoms with E-state index in [1.807, 2.05) is 49.5 Å². The van der Waals surface area contributed by atoms with E-state index in [-0.39, 0.29) is 6.04 Å². The van der Waals surface area contributed by atoms with Gasteiger partial charge in [0.05, 0.1) is 20.3 Å². The average molecular weight is 286 g/mol. The molecule has 2 aromatic carbocycles. The lowest BCUT2D eigenvalue weighted by Crippen LogP contribution is -2.30. The second-order valence-corrected chi connectivity index (χ2v) is 4.84. The van der Waals surface area contributed by atoms with Gasteiger partial charge in [0.1, 0.15) is 11.5 Å². The van der Waals surface area contributed by atoms with Crippen LogP contribution in [0.1, 0.15) is 11.6 Å². The van der Waals surface area contributed by atoms with Crippen molar-refractivity contribution in [3.8, 4) is 11.5 Å². The summed E-state index contributed by atoms with van der Waals surface area (Å²) in [6.45, 7) is 0.524. The Bertz CT molecular complexity index is 569. The summed E-state index contributed by atoms with van der Waals surface area (Å²) in [6, 6.07) is 16.1. The van der Waals surface area contributed by atoms with E-state index >= 15 is 0 Å². The standard InChI is InChI=1S/C17H22N2O2/c1-19(14-7-9-15(20-2)10-8-14)17(12-18)13-5-4-6-16(11-13)21-3/h4-11,17H,12,18H2,1-3H3. The largest absolute Gasteiger partial charge is 0.497 e. The first-order valence-electron chi connectivity index (χ1n) is 6.90. The van der Waals surface area contributed by atoms with Crippen molar-refractivity contribution in [2.75, 3.05) is 32.7 Å². The third kappa shape index (κ3) is 3.47. The van der Waals surface area contributed by atoms with Gasteiger partial charge in [-0.1, -0.05) is 12.1 Å². The second kappa shape index (κ2) is 6.99. The van der Waals surface area contributed by atoms with Gasteiger partial charge in [0.25, 0.3) is 0 Å². The van der Waals surface area contributed by atoms with Gasteiger partial charge in [0.2, 0.25) is 0 Å². The van der Waals surface area contributed by atoms with Gasteiger partial charge in [-0.2, -0.15) is 0 Å². The average Bonchev–Trinajstić information content (AvgIpc) is 2.55. The zero-order chi connectivity index (χ0) is 15.2. The number of benzene rings is 2. The van der Waals surface area contributed by atoms with E-state index < -0.39 is 0 Å². The number of nitrogens with two attached hydrogens (primary N) is 1. The molecule has 0 saturated carbocycles. The molecular formula is C17H22N2O2. The minimum absolute atomic E-state index is 0.0912. The Labute approximate surface area is 126 Å². The molecule has 0 aliphatic carbocycles. The number of hydrogen-bond donors (Lipinski definition) is 1. The lowest BCUT2D eigenvalue weighted by Gasteiger charge is -2.29. The molecule has 21 heavy (non-hydrogen) atoms. The topological polar surface area (TPSA) is 47.7 Å². The molecule has 0 aliphatic rings. The zero-order valence-corrected chi connectivity index (χ0v) is 12.7. The maximum atomic E-state index is 5.98. The molecule has 0 radical (unpaired) electrons. The van der Waals surface area contributed by atoms with E-state index in [1.54, 1.807) is 14.2 Å². The number of ether oxygens (including phenoxy) is 2. The molecule has 0 aliphatic heterocycles. The van der Waals surface area contributed by atoms with Crippen LogP contribution in [0.25, 0.3) is 0 Å². The Kier molecular flexibility index (Phi) is 5.06. The van der Waals surface area contributed by atoms with E-state index in [1.165, 1.54) is 0 Å². The summed E-state index contributed by atoms with van der Waals surface area (Å²) in [6.07, 6.45) is 0. The lowest BCUT2D eigenvalue weighted by atomic mass is 10.0. The molecule has 2 rings (SSSR count). The fourth-order valence-corrected chi connectivity index (χ4v) is 2.36. The van der Waals surface area contributed by atoms with E-state index in [0.717, 1.165) is 22.7 Å². The predicted molar refractivity (Wildman–Crippen MR) is 86.2 cm³/mol. The van der Waals surface area contributed by atoms with Crippen molar-refractivity contribution >= 4 is 5.69 Å². The van der Waals surface area contributed by atoms with Gasteiger partial charge in [0.15, 0.2) is 0 Å². The Morgan fingerprint density at radius 2 is 1.67 bits per heavy atom. The third-order valence-corrected chi connectivity index (χ3v) is 3.65. The molecule has 0 aromatic heterocycles. The van der Waals surface area contributed by atoms with Crippen LogP contribution >= 0.6 is 0 Å². The first kappa shape index (κ1) is 15.2. The fourth-order valence-electron chi connectivity index (χ4n) is 2.36. The highest BCUT2D eigenvalue weighted by Gasteiger charge is 2.16. The molecule has 1 unspecified atom stereocenters. The molecule has 0 fully saturated rings. The second-order valence-electron chi connectivity index (χ2n) is 4.84. The summed E-state index contributed by atoms with van der Waals surface area (Å²) in [5, 5.41) is 0. The number of rotatable bonds is 6. The zero-order valence-electron chi connectivity index (χ0n) is 12.7. The first-order valence-corrected chi connectivity index (χ1v) is 6.90. The van der Waals surface area contributed by atoms with Gasteiger partial charge in [-0.3, -0.25) is 0 Å². The summed E-state index contributed by atoms with van der Waals surface area (Å²) in [5.41, 5.74) is 8.21. The van der Waals surface area contributed by atoms with Gasteiger partial charge in [-0.15, -0.1) is 0 Å². The number of methoxy groups -OCH3 is 2. The lowest BCUT2D eigenvalue weighted by molar-refractivity contribution is 0.413. The molecule has 0 amide bonds. The maximum Gasteiger partial charge on any atom is 0.119 e. The third-order valence-electron chi connectivity index (χ3n) is 3.65. The van der Waals surface area contributed by atoms with Gasteiger partial charge in [-0.05, 0) is 42.0 Å². The monoisotopic (exact) mass is 286 g/mol. The molecule has 4 nitrogen and oxygen atoms in total. The van der Waals surface area contributed by atoms with Crippen molar-refractivity contribution in [2.45, 2.75) is 6.04 Å². The van der Waals surface area contributed by atoms with Gasteiger partial charge >= 0.3 is 0 Å². The van der Waals surface area contributed by atoms with Crippen molar-refractivity contribution < 1.29 is 9.47 Å². The smallest absolute Gasteiger partial charge is 0.119 e. The molecular weight excluding hydrogens is 264 g/mol. The highest BCUT2D eigenvalue weighted by Crippen LogP contribution is 2.28. The molecule has 4 heteroatoms. The Morgan fingerprint density at radius 3 is 2.24 bits per heavy atom. The van der Waals surface area contributed by atoms with Crippen LogP contribution in [0.15, 0.2) is 48.5 Å². The minimum atomic E-state index is 0.0912. The van der Waals surface area contributed by atoms with Crippen molar-refractivity contribution in [3.63, 3.8) is 0 Å². The van der Waals surface area contributed by atoms with E-state index in [2.05, 4.69) is 11.0 Å². The fraction of sp³-hybridized carbons (Fsp3) is 0.294. The summed E-state index contributed by atoms with van der Waals surface area (Å²) >= 11 is 0. The van der Waals surface area contributed by atoms with Crippen LogP contribution in [0.5, 0.6) is 11.5 Å². The predicted octanol–water partition coefficient (Wildman–Crippen LogP) is 2.84. The van der Waals surface area contributed by atoms with Gasteiger partial charge in [-0.25, -0.2) is 0 Å². The van der Waals surface area contributed by atoms with E-state index in [0.29, 0.717) is 6.54 Å². The summed E-state index contributed by atoms with van der Waals surface area (Å²) in [7, 11) is 5.38. The first-order chi connectivity index (χ1) is 10.2. The van der Waals surface area contributed by atoms with Crippen LogP contribution in [-0.2, 0) is 0 Å². The normalized spacial score (nSPS) is 11.8. The van der Waals surface area contributed by atoms with Crippen LogP contribution in [0.3, 0.4) is 0 Å². The molecule has 2 aromatic rings. The quantitative estimate of drug-likeness (QED) is 0.887. The Morgan fingerprint density at radius 1 is 1.00 bits per heavy atom. The highest BCUT2D eigenvalue weighted by molar-refractivity contribution is 5.51. The van der Waals surface area contributed by atoms with E-state index in [4.69, 9.17) is 15.2 Å². The highest BCUT2D eigenvalue weighted by atomic mass is 16.5. The summed E-state index contributed by atoms with van der Waals surface area (Å²) < 4.78 is 10.5. The van der Waals surface area contributed by atoms with Crippen molar-refractivity contribution in [2.24, 2.45) is 5.73 Å². The molecule has 2 N–H and O–H groups in total. The summed E-state index contributed by atoms with van der Waals surface area (Å²) in [5.74, 6) is 1.69. The Hall–Kier alpha value is -2.20. The van der Waals surface area contributed by atoms with Gasteiger partial charge in [0, 0.05) is 19.3 Å². The molecule has 112 valence electrons. The molecule has 1 atom stereocenters. The molecule has 0 saturated heterocycles. The molecule has 0 spiro atoms. The molecule has 0 heterocycles. The van der Waals surface area contributed by atoms with Crippen LogP contribution in [0.4, 0.5) is 5.69 Å². The SMILES string of the molecule is COc1ccc(N(C)C(CN)c2cccc(OC)c2)cc1. The van der Waals surface area contributed by atoms with Crippen LogP contribution in [0.2, 0.25) is 0 Å². The van der Waals surface area contributed by atoms with Crippen molar-refractivity contribution in [1.82, 2.24) is 0 Å². The number of nitrogens with zero attached hydrogens (tertiary/aromatic N) is 1. The maximum absolute atomic E-state index is 5.98. The van der Waals surface area contributed by atoms with Crippen molar-refractivity contribution in [3.05, 3.63) is 54.1 Å². The Balaban J connectivity index is 2.26. The minimum Gasteiger partial charge on any atom is -0.497 e. The molecule has 0 bridgehead atoms. The summed E-state index contributed by atoms with van der Waals surface area (Å²) in [4.78, 5) is 2.16. The number of likely N-dealkylation sites (N-methyl/N-ethyl adjacent to an activating group) is 1. The van der Waals surface area contributed by atoms with E-state index in [9.17, 15) is 0 Å². The number of anilines is 1. The number of hydrogen-bond acceptors (Lipinski definition) is 4.